The van der Waals surface area contributed by atoms with Crippen LogP contribution < -0.4 is 11.4 Å². The van der Waals surface area contributed by atoms with Crippen LogP contribution in [0.4, 0.5) is 0 Å². The Balaban J connectivity index is 1.94. The average molecular weight is 367 g/mol. The molecule has 0 amide bonds. The number of hydrogen-bond donors (Lipinski definition) is 1. The molecule has 0 saturated heterocycles. The third-order valence-corrected chi connectivity index (χ3v) is 5.96. The molecule has 0 fully saturated rings. The van der Waals surface area contributed by atoms with Gasteiger partial charge in [-0.25, -0.2) is 36.7 Å². The van der Waals surface area contributed by atoms with Crippen molar-refractivity contribution in [1.82, 2.24) is 13.9 Å². The maximum Gasteiger partial charge on any atom is 0.347 e. The van der Waals surface area contributed by atoms with E-state index >= 15 is 0 Å². The summed E-state index contributed by atoms with van der Waals surface area (Å²) in [4.78, 5) is 36.2. The summed E-state index contributed by atoms with van der Waals surface area (Å²) >= 11 is 0. The van der Waals surface area contributed by atoms with Crippen molar-refractivity contribution in [3.8, 4) is 0 Å². The van der Waals surface area contributed by atoms with Crippen LogP contribution in [0.2, 0.25) is 0 Å². The zero-order valence-electron chi connectivity index (χ0n) is 13.2. The molecular formula is C15H17N3O6S. The van der Waals surface area contributed by atoms with Gasteiger partial charge in [-0.15, -0.1) is 0 Å². The van der Waals surface area contributed by atoms with E-state index < -0.39 is 39.0 Å². The van der Waals surface area contributed by atoms with E-state index in [0.717, 1.165) is 13.9 Å². The minimum absolute atomic E-state index is 0.107. The van der Waals surface area contributed by atoms with Gasteiger partial charge >= 0.3 is 17.3 Å². The Morgan fingerprint density at radius 1 is 1.16 bits per heavy atom. The molecule has 0 saturated carbocycles. The minimum atomic E-state index is -3.66. The molecule has 2 aromatic rings. The summed E-state index contributed by atoms with van der Waals surface area (Å²) in [6.45, 7) is -0.0927. The van der Waals surface area contributed by atoms with Gasteiger partial charge in [0.25, 0.3) is 0 Å². The number of sulfone groups is 1. The highest BCUT2D eigenvalue weighted by atomic mass is 32.2. The van der Waals surface area contributed by atoms with Crippen LogP contribution in [0.1, 0.15) is 18.9 Å². The van der Waals surface area contributed by atoms with E-state index in [9.17, 15) is 27.9 Å². The summed E-state index contributed by atoms with van der Waals surface area (Å²) in [7, 11) is -3.66. The Bertz CT molecular complexity index is 1020. The molecule has 25 heavy (non-hydrogen) atoms. The predicted octanol–water partition coefficient (Wildman–Crippen LogP) is -0.295. The van der Waals surface area contributed by atoms with Crippen molar-refractivity contribution in [2.45, 2.75) is 36.9 Å². The molecule has 0 radical (unpaired) electrons. The first-order valence-corrected chi connectivity index (χ1v) is 9.41. The number of aliphatic carboxylic acids is 1. The maximum absolute atomic E-state index is 12.4. The SMILES string of the molecule is O=C(O)[C@@H]1CCCn2c(=O)n(CCS(=O)(=O)c3ccccc3)c(=O)n21. The summed E-state index contributed by atoms with van der Waals surface area (Å²) in [6.07, 6.45) is 0.712. The molecule has 1 atom stereocenters. The van der Waals surface area contributed by atoms with Crippen molar-refractivity contribution in [2.75, 3.05) is 5.75 Å². The monoisotopic (exact) mass is 367 g/mol. The van der Waals surface area contributed by atoms with Gasteiger partial charge in [-0.3, -0.25) is 0 Å². The fourth-order valence-electron chi connectivity index (χ4n) is 2.98. The summed E-state index contributed by atoms with van der Waals surface area (Å²) in [6, 6.07) is 6.63. The molecule has 0 unspecified atom stereocenters. The van der Waals surface area contributed by atoms with Gasteiger partial charge in [-0.05, 0) is 25.0 Å². The van der Waals surface area contributed by atoms with Crippen molar-refractivity contribution in [3.05, 3.63) is 51.3 Å². The van der Waals surface area contributed by atoms with Crippen LogP contribution in [0.25, 0.3) is 0 Å². The first-order valence-electron chi connectivity index (χ1n) is 7.75. The number of rotatable bonds is 5. The second-order valence-corrected chi connectivity index (χ2v) is 7.92. The highest BCUT2D eigenvalue weighted by molar-refractivity contribution is 7.91. The fraction of sp³-hybridized carbons (Fsp3) is 0.400. The molecule has 1 aliphatic heterocycles. The van der Waals surface area contributed by atoms with Crippen LogP contribution in [0, 0.1) is 0 Å². The minimum Gasteiger partial charge on any atom is -0.480 e. The lowest BCUT2D eigenvalue weighted by molar-refractivity contribution is -0.142. The predicted molar refractivity (Wildman–Crippen MR) is 87.4 cm³/mol. The van der Waals surface area contributed by atoms with Gasteiger partial charge in [0, 0.05) is 13.1 Å². The second-order valence-electron chi connectivity index (χ2n) is 5.81. The van der Waals surface area contributed by atoms with Gasteiger partial charge < -0.3 is 5.11 Å². The van der Waals surface area contributed by atoms with Crippen molar-refractivity contribution >= 4 is 15.8 Å². The third-order valence-electron chi connectivity index (χ3n) is 4.25. The Morgan fingerprint density at radius 3 is 2.48 bits per heavy atom. The van der Waals surface area contributed by atoms with Crippen LogP contribution in [0.5, 0.6) is 0 Å². The van der Waals surface area contributed by atoms with Crippen LogP contribution in [0.15, 0.2) is 44.8 Å². The third kappa shape index (κ3) is 3.04. The lowest BCUT2D eigenvalue weighted by atomic mass is 10.1. The number of fused-ring (bicyclic) bond motifs is 1. The number of nitrogens with zero attached hydrogens (tertiary/aromatic N) is 3. The lowest BCUT2D eigenvalue weighted by Gasteiger charge is -2.21. The van der Waals surface area contributed by atoms with Crippen molar-refractivity contribution in [3.63, 3.8) is 0 Å². The van der Waals surface area contributed by atoms with E-state index in [0.29, 0.717) is 6.42 Å². The van der Waals surface area contributed by atoms with Crippen LogP contribution in [0.3, 0.4) is 0 Å². The van der Waals surface area contributed by atoms with Crippen molar-refractivity contribution in [2.24, 2.45) is 0 Å². The average Bonchev–Trinajstić information content (AvgIpc) is 2.85. The number of carbonyl (C=O) groups is 1. The number of aromatic nitrogens is 3. The maximum atomic E-state index is 12.4. The highest BCUT2D eigenvalue weighted by Gasteiger charge is 2.31. The Hall–Kier alpha value is -2.62. The molecule has 1 aromatic carbocycles. The number of benzene rings is 1. The summed E-state index contributed by atoms with van der Waals surface area (Å²) < 4.78 is 27.4. The van der Waals surface area contributed by atoms with Crippen LogP contribution in [-0.2, 0) is 27.7 Å². The largest absolute Gasteiger partial charge is 0.480 e. The lowest BCUT2D eigenvalue weighted by Crippen LogP contribution is -2.38. The smallest absolute Gasteiger partial charge is 0.347 e. The Labute approximate surface area is 142 Å². The second kappa shape index (κ2) is 6.36. The molecule has 0 aliphatic carbocycles. The van der Waals surface area contributed by atoms with Crippen LogP contribution >= 0.6 is 0 Å². The van der Waals surface area contributed by atoms with E-state index in [-0.39, 0.29) is 24.4 Å². The first kappa shape index (κ1) is 17.2. The molecule has 9 nitrogen and oxygen atoms in total. The molecular weight excluding hydrogens is 350 g/mol. The topological polar surface area (TPSA) is 120 Å². The normalized spacial score (nSPS) is 17.2. The quantitative estimate of drug-likeness (QED) is 0.775. The molecule has 1 N–H and O–H groups in total. The first-order chi connectivity index (χ1) is 11.8. The highest BCUT2D eigenvalue weighted by Crippen LogP contribution is 2.17. The van der Waals surface area contributed by atoms with Gasteiger partial charge in [0.15, 0.2) is 15.9 Å². The van der Waals surface area contributed by atoms with Gasteiger partial charge in [0.1, 0.15) is 0 Å². The molecule has 1 aliphatic rings. The van der Waals surface area contributed by atoms with Gasteiger partial charge in [0.05, 0.1) is 10.6 Å². The molecule has 10 heteroatoms. The Kier molecular flexibility index (Phi) is 4.38. The molecule has 3 rings (SSSR count). The van der Waals surface area contributed by atoms with E-state index in [1.165, 1.54) is 12.1 Å². The fourth-order valence-corrected chi connectivity index (χ4v) is 4.21. The van der Waals surface area contributed by atoms with E-state index in [2.05, 4.69) is 0 Å². The van der Waals surface area contributed by atoms with E-state index in [1.54, 1.807) is 18.2 Å². The van der Waals surface area contributed by atoms with Crippen molar-refractivity contribution in [1.29, 1.82) is 0 Å². The molecule has 1 aromatic heterocycles. The molecule has 2 heterocycles. The summed E-state index contributed by atoms with van der Waals surface area (Å²) in [5.41, 5.74) is -1.47. The van der Waals surface area contributed by atoms with Crippen LogP contribution in [-0.4, -0.2) is 39.2 Å². The van der Waals surface area contributed by atoms with Gasteiger partial charge in [0.2, 0.25) is 0 Å². The zero-order valence-corrected chi connectivity index (χ0v) is 14.1. The molecule has 134 valence electrons. The summed E-state index contributed by atoms with van der Waals surface area (Å²) in [5, 5.41) is 9.24. The van der Waals surface area contributed by atoms with E-state index in [1.807, 2.05) is 0 Å². The standard InChI is InChI=1S/C15H17N3O6S/c19-13(20)12-7-4-8-17-14(21)16(15(22)18(12)17)9-10-25(23,24)11-5-2-1-3-6-11/h1-3,5-6,12H,4,7-10H2,(H,19,20)/t12-/m0/s1. The number of carboxylic acid groups (broad SMARTS) is 1. The van der Waals surface area contributed by atoms with Gasteiger partial charge in [-0.1, -0.05) is 18.2 Å². The molecule has 0 bridgehead atoms. The van der Waals surface area contributed by atoms with Gasteiger partial charge in [-0.2, -0.15) is 0 Å². The van der Waals surface area contributed by atoms with Crippen molar-refractivity contribution < 1.29 is 18.3 Å². The molecule has 0 spiro atoms. The number of carboxylic acids is 1. The summed E-state index contributed by atoms with van der Waals surface area (Å²) in [5.74, 6) is -1.61. The number of hydrogen-bond acceptors (Lipinski definition) is 5. The van der Waals surface area contributed by atoms with E-state index in [4.69, 9.17) is 0 Å². The Morgan fingerprint density at radius 2 is 1.84 bits per heavy atom. The zero-order chi connectivity index (χ0) is 18.2.